The molecule has 1 aliphatic heterocycles. The molecule has 0 amide bonds. The minimum absolute atomic E-state index is 0.0278. The molecule has 1 fully saturated rings. The predicted octanol–water partition coefficient (Wildman–Crippen LogP) is -0.102. The normalized spacial score (nSPS) is 43.6. The molecule has 0 aromatic carbocycles. The van der Waals surface area contributed by atoms with Crippen LogP contribution in [0.2, 0.25) is 0 Å². The minimum atomic E-state index is -0.155. The Kier molecular flexibility index (Phi) is 2.14. The number of aliphatic hydroxyl groups excluding tert-OH is 1. The molecule has 1 aliphatic rings. The molecule has 0 aromatic heterocycles. The van der Waals surface area contributed by atoms with Crippen LogP contribution in [0.25, 0.3) is 0 Å². The Bertz CT molecular complexity index is 97.1. The fourth-order valence-electron chi connectivity index (χ4n) is 1.16. The molecule has 9 heavy (non-hydrogen) atoms. The molecule has 2 radical (unpaired) electrons. The van der Waals surface area contributed by atoms with Crippen LogP contribution in [-0.4, -0.2) is 31.7 Å². The van der Waals surface area contributed by atoms with Gasteiger partial charge in [-0.25, -0.2) is 0 Å². The van der Waals surface area contributed by atoms with E-state index in [9.17, 15) is 0 Å². The molecular weight excluding hydrogens is 115 g/mol. The molecule has 1 saturated heterocycles. The van der Waals surface area contributed by atoms with Gasteiger partial charge in [0.25, 0.3) is 0 Å². The first-order chi connectivity index (χ1) is 4.24. The van der Waals surface area contributed by atoms with Gasteiger partial charge in [-0.15, -0.1) is 0 Å². The Morgan fingerprint density at radius 1 is 1.78 bits per heavy atom. The number of aliphatic hydroxyl groups is 1. The summed E-state index contributed by atoms with van der Waals surface area (Å²) >= 11 is 0. The first-order valence-electron chi connectivity index (χ1n) is 3.26. The van der Waals surface area contributed by atoms with Gasteiger partial charge in [-0.05, 0) is 12.3 Å². The van der Waals surface area contributed by atoms with Crippen molar-refractivity contribution in [3.63, 3.8) is 0 Å². The van der Waals surface area contributed by atoms with Crippen molar-refractivity contribution in [2.75, 3.05) is 6.61 Å². The van der Waals surface area contributed by atoms with Crippen molar-refractivity contribution in [3.05, 3.63) is 0 Å². The molecule has 0 aliphatic carbocycles. The van der Waals surface area contributed by atoms with E-state index in [2.05, 4.69) is 0 Å². The summed E-state index contributed by atoms with van der Waals surface area (Å²) in [6.07, 6.45) is 0.839. The molecule has 1 N–H and O–H groups in total. The summed E-state index contributed by atoms with van der Waals surface area (Å²) in [6, 6.07) is -0.155. The number of hydrogen-bond donors (Lipinski definition) is 1. The molecule has 3 atom stereocenters. The molecule has 0 saturated carbocycles. The van der Waals surface area contributed by atoms with Gasteiger partial charge < -0.3 is 9.84 Å². The van der Waals surface area contributed by atoms with E-state index in [1.54, 1.807) is 0 Å². The molecule has 50 valence electrons. The first kappa shape index (κ1) is 7.10. The van der Waals surface area contributed by atoms with Crippen LogP contribution in [0.4, 0.5) is 0 Å². The van der Waals surface area contributed by atoms with E-state index >= 15 is 0 Å². The van der Waals surface area contributed by atoms with E-state index in [0.29, 0.717) is 5.92 Å². The molecule has 3 heteroatoms. The highest BCUT2D eigenvalue weighted by Crippen LogP contribution is 2.23. The molecule has 1 rings (SSSR count). The summed E-state index contributed by atoms with van der Waals surface area (Å²) in [5, 5.41) is 8.67. The van der Waals surface area contributed by atoms with Gasteiger partial charge in [-0.1, -0.05) is 6.92 Å². The van der Waals surface area contributed by atoms with Crippen LogP contribution in [0.5, 0.6) is 0 Å². The van der Waals surface area contributed by atoms with Crippen LogP contribution in [-0.2, 0) is 4.74 Å². The fraction of sp³-hybridized carbons (Fsp3) is 1.00. The molecule has 1 unspecified atom stereocenters. The van der Waals surface area contributed by atoms with Crippen LogP contribution in [0.1, 0.15) is 13.3 Å². The van der Waals surface area contributed by atoms with Crippen molar-refractivity contribution < 1.29 is 9.84 Å². The molecule has 0 aromatic rings. The summed E-state index contributed by atoms with van der Waals surface area (Å²) in [4.78, 5) is 0. The number of ether oxygens (including phenoxy) is 1. The maximum absolute atomic E-state index is 8.67. The average Bonchev–Trinajstić information content (AvgIpc) is 2.10. The molecular formula is C6H11BO2. The second-order valence-corrected chi connectivity index (χ2v) is 2.61. The Morgan fingerprint density at radius 3 is 2.67 bits per heavy atom. The van der Waals surface area contributed by atoms with Crippen LogP contribution in [0, 0.1) is 5.92 Å². The molecule has 0 spiro atoms. The zero-order valence-electron chi connectivity index (χ0n) is 5.58. The lowest BCUT2D eigenvalue weighted by Gasteiger charge is -2.09. The van der Waals surface area contributed by atoms with Crippen molar-refractivity contribution in [3.8, 4) is 0 Å². The van der Waals surface area contributed by atoms with Crippen molar-refractivity contribution >= 4 is 7.85 Å². The summed E-state index contributed by atoms with van der Waals surface area (Å²) in [5.41, 5.74) is 0. The lowest BCUT2D eigenvalue weighted by atomic mass is 9.92. The van der Waals surface area contributed by atoms with Crippen LogP contribution in [0.3, 0.4) is 0 Å². The highest BCUT2D eigenvalue weighted by Gasteiger charge is 2.27. The highest BCUT2D eigenvalue weighted by atomic mass is 16.5. The van der Waals surface area contributed by atoms with E-state index in [-0.39, 0.29) is 18.7 Å². The van der Waals surface area contributed by atoms with Gasteiger partial charge in [0.2, 0.25) is 0 Å². The minimum Gasteiger partial charge on any atom is -0.394 e. The number of hydrogen-bond acceptors (Lipinski definition) is 2. The highest BCUT2D eigenvalue weighted by molar-refractivity contribution is 6.11. The Hall–Kier alpha value is -0.0151. The van der Waals surface area contributed by atoms with Gasteiger partial charge in [-0.2, -0.15) is 0 Å². The summed E-state index contributed by atoms with van der Waals surface area (Å²) in [7, 11) is 5.46. The summed E-state index contributed by atoms with van der Waals surface area (Å²) < 4.78 is 5.15. The molecule has 2 nitrogen and oxygen atoms in total. The maximum Gasteiger partial charge on any atom is 0.109 e. The maximum atomic E-state index is 8.67. The lowest BCUT2D eigenvalue weighted by molar-refractivity contribution is 0.0293. The Labute approximate surface area is 56.6 Å². The van der Waals surface area contributed by atoms with Crippen LogP contribution < -0.4 is 0 Å². The third-order valence-electron chi connectivity index (χ3n) is 1.77. The number of rotatable bonds is 1. The standard InChI is InChI=1S/C6H11BO2/c1-4-2-6(7)9-5(4)3-8/h4-6,8H,2-3H2,1H3/t4-,5+,6?/m0/s1. The lowest BCUT2D eigenvalue weighted by Crippen LogP contribution is -2.18. The van der Waals surface area contributed by atoms with E-state index in [4.69, 9.17) is 17.7 Å². The summed E-state index contributed by atoms with van der Waals surface area (Å²) in [5.74, 6) is 0.407. The molecule has 1 heterocycles. The van der Waals surface area contributed by atoms with E-state index < -0.39 is 0 Å². The zero-order chi connectivity index (χ0) is 6.85. The van der Waals surface area contributed by atoms with Gasteiger partial charge in [0.1, 0.15) is 7.85 Å². The smallest absolute Gasteiger partial charge is 0.109 e. The second kappa shape index (κ2) is 2.71. The average molecular weight is 126 g/mol. The Morgan fingerprint density at radius 2 is 2.44 bits per heavy atom. The van der Waals surface area contributed by atoms with Crippen molar-refractivity contribution in [2.45, 2.75) is 25.5 Å². The topological polar surface area (TPSA) is 29.5 Å². The fourth-order valence-corrected chi connectivity index (χ4v) is 1.16. The molecule has 0 bridgehead atoms. The second-order valence-electron chi connectivity index (χ2n) is 2.61. The largest absolute Gasteiger partial charge is 0.394 e. The van der Waals surface area contributed by atoms with Gasteiger partial charge in [0.05, 0.1) is 12.7 Å². The van der Waals surface area contributed by atoms with Gasteiger partial charge in [0, 0.05) is 6.00 Å². The van der Waals surface area contributed by atoms with Crippen molar-refractivity contribution in [1.82, 2.24) is 0 Å². The zero-order valence-corrected chi connectivity index (χ0v) is 5.58. The van der Waals surface area contributed by atoms with E-state index in [0.717, 1.165) is 6.42 Å². The van der Waals surface area contributed by atoms with Gasteiger partial charge in [-0.3, -0.25) is 0 Å². The summed E-state index contributed by atoms with van der Waals surface area (Å²) in [6.45, 7) is 2.13. The Balaban J connectivity index is 2.38. The monoisotopic (exact) mass is 126 g/mol. The first-order valence-corrected chi connectivity index (χ1v) is 3.26. The van der Waals surface area contributed by atoms with Crippen LogP contribution >= 0.6 is 0 Å². The van der Waals surface area contributed by atoms with Crippen molar-refractivity contribution in [2.24, 2.45) is 5.92 Å². The third-order valence-corrected chi connectivity index (χ3v) is 1.77. The SMILES string of the molecule is [B]C1C[C@H](C)[C@@H](CO)O1. The van der Waals surface area contributed by atoms with Gasteiger partial charge in [0.15, 0.2) is 0 Å². The van der Waals surface area contributed by atoms with Crippen molar-refractivity contribution in [1.29, 1.82) is 0 Å². The van der Waals surface area contributed by atoms with Gasteiger partial charge >= 0.3 is 0 Å². The van der Waals surface area contributed by atoms with Crippen LogP contribution in [0.15, 0.2) is 0 Å². The van der Waals surface area contributed by atoms with E-state index in [1.165, 1.54) is 0 Å². The third kappa shape index (κ3) is 1.46. The van der Waals surface area contributed by atoms with E-state index in [1.807, 2.05) is 6.92 Å². The quantitative estimate of drug-likeness (QED) is 0.497. The predicted molar refractivity (Wildman–Crippen MR) is 35.3 cm³/mol.